The van der Waals surface area contributed by atoms with Gasteiger partial charge in [0, 0.05) is 29.7 Å². The number of carbonyl (C=O) groups excluding carboxylic acids is 1. The summed E-state index contributed by atoms with van der Waals surface area (Å²) < 4.78 is 37.0. The number of amides is 1. The van der Waals surface area contributed by atoms with Gasteiger partial charge in [0.25, 0.3) is 10.0 Å². The van der Waals surface area contributed by atoms with Crippen LogP contribution in [0.1, 0.15) is 26.3 Å². The lowest BCUT2D eigenvalue weighted by atomic mass is 9.87. The normalized spacial score (nSPS) is 12.0. The molecule has 6 aromatic rings. The van der Waals surface area contributed by atoms with E-state index in [2.05, 4.69) is 40.8 Å². The van der Waals surface area contributed by atoms with Crippen LogP contribution in [0.5, 0.6) is 5.88 Å². The van der Waals surface area contributed by atoms with Gasteiger partial charge < -0.3 is 19.6 Å². The number of rotatable bonds is 8. The van der Waals surface area contributed by atoms with E-state index in [1.54, 1.807) is 36.7 Å². The second-order valence-electron chi connectivity index (χ2n) is 11.6. The molecule has 224 valence electrons. The molecule has 0 spiro atoms. The van der Waals surface area contributed by atoms with Gasteiger partial charge in [-0.15, -0.1) is 0 Å². The van der Waals surface area contributed by atoms with Crippen LogP contribution in [0.25, 0.3) is 33.1 Å². The number of fused-ring (bicyclic) bond motifs is 2. The Labute approximate surface area is 256 Å². The minimum Gasteiger partial charge on any atom is -0.393 e. The maximum atomic E-state index is 13.3. The minimum atomic E-state index is -3.84. The lowest BCUT2D eigenvalue weighted by molar-refractivity contribution is 0.199. The molecule has 0 bridgehead atoms. The molecule has 2 heterocycles. The number of aromatic amines is 1. The Hall–Kier alpha value is -5.09. The summed E-state index contributed by atoms with van der Waals surface area (Å²) in [5.41, 5.74) is 5.36. The fraction of sp³-hybridized carbons (Fsp3) is 0.176. The Morgan fingerprint density at radius 2 is 1.66 bits per heavy atom. The van der Waals surface area contributed by atoms with Crippen molar-refractivity contribution in [1.29, 1.82) is 0 Å². The van der Waals surface area contributed by atoms with Crippen LogP contribution in [0.15, 0.2) is 108 Å². The number of carbonyl (C=O) groups is 1. The van der Waals surface area contributed by atoms with Crippen LogP contribution in [-0.2, 0) is 22.0 Å². The topological polar surface area (TPSA) is 118 Å². The number of anilines is 1. The maximum Gasteiger partial charge on any atom is 0.413 e. The van der Waals surface area contributed by atoms with Crippen molar-refractivity contribution >= 4 is 43.7 Å². The Morgan fingerprint density at radius 1 is 0.932 bits per heavy atom. The van der Waals surface area contributed by atoms with Crippen LogP contribution in [0.2, 0.25) is 0 Å². The smallest absolute Gasteiger partial charge is 0.393 e. The number of H-pyrrole nitrogens is 1. The van der Waals surface area contributed by atoms with E-state index in [4.69, 9.17) is 4.74 Å². The zero-order valence-electron chi connectivity index (χ0n) is 24.7. The Balaban J connectivity index is 1.24. The van der Waals surface area contributed by atoms with Crippen LogP contribution < -0.4 is 14.8 Å². The molecule has 0 saturated heterocycles. The van der Waals surface area contributed by atoms with Crippen LogP contribution in [0, 0.1) is 0 Å². The number of ether oxygens (including phenoxy) is 1. The molecule has 9 nitrogen and oxygen atoms in total. The van der Waals surface area contributed by atoms with Crippen molar-refractivity contribution in [3.8, 4) is 17.0 Å². The number of nitrogens with one attached hydrogen (secondary N) is 3. The summed E-state index contributed by atoms with van der Waals surface area (Å²) >= 11 is 0. The van der Waals surface area contributed by atoms with Gasteiger partial charge in [-0.25, -0.2) is 18.2 Å². The molecule has 1 amide bonds. The van der Waals surface area contributed by atoms with E-state index in [1.165, 1.54) is 0 Å². The molecule has 3 N–H and O–H groups in total. The number of sulfonamides is 1. The standard InChI is InChI=1S/C34H33N5O4S/c1-34(2,3)24-13-16-26(17-14-24)44(41,42)38-25-15-18-28-27(21-25)31(23-9-5-4-6-10-23)32(37-28)43-33(40)35-19-20-39-22-36-29-11-7-8-12-30(29)39/h4-18,21-22,37-38H,19-20H2,1-3H3,(H,35,40). The average molecular weight is 608 g/mol. The van der Waals surface area contributed by atoms with Crippen LogP contribution in [0.3, 0.4) is 0 Å². The molecule has 6 rings (SSSR count). The molecule has 0 aliphatic heterocycles. The highest BCUT2D eigenvalue weighted by atomic mass is 32.2. The summed E-state index contributed by atoms with van der Waals surface area (Å²) in [6, 6.07) is 29.4. The van der Waals surface area contributed by atoms with Crippen molar-refractivity contribution in [3.63, 3.8) is 0 Å². The number of imidazole rings is 1. The van der Waals surface area contributed by atoms with Gasteiger partial charge in [-0.1, -0.05) is 75.4 Å². The first-order chi connectivity index (χ1) is 21.1. The average Bonchev–Trinajstić information content (AvgIpc) is 3.57. The molecular weight excluding hydrogens is 574 g/mol. The molecule has 2 aromatic heterocycles. The van der Waals surface area contributed by atoms with E-state index in [0.29, 0.717) is 35.2 Å². The van der Waals surface area contributed by atoms with Gasteiger partial charge in [0.05, 0.1) is 27.8 Å². The summed E-state index contributed by atoms with van der Waals surface area (Å²) in [7, 11) is -3.84. The third-order valence-corrected chi connectivity index (χ3v) is 8.85. The van der Waals surface area contributed by atoms with Crippen molar-refractivity contribution in [2.24, 2.45) is 0 Å². The highest BCUT2D eigenvalue weighted by Crippen LogP contribution is 2.39. The number of benzene rings is 4. The van der Waals surface area contributed by atoms with E-state index in [9.17, 15) is 13.2 Å². The van der Waals surface area contributed by atoms with Crippen molar-refractivity contribution in [3.05, 3.63) is 109 Å². The maximum absolute atomic E-state index is 13.3. The molecule has 44 heavy (non-hydrogen) atoms. The van der Waals surface area contributed by atoms with Crippen LogP contribution in [0.4, 0.5) is 10.5 Å². The third-order valence-electron chi connectivity index (χ3n) is 7.45. The molecule has 0 aliphatic rings. The first kappa shape index (κ1) is 29.0. The van der Waals surface area contributed by atoms with Crippen molar-refractivity contribution < 1.29 is 17.9 Å². The summed E-state index contributed by atoms with van der Waals surface area (Å²) in [4.78, 5) is 20.6. The molecule has 0 fully saturated rings. The van der Waals surface area contributed by atoms with Crippen molar-refractivity contribution in [2.75, 3.05) is 11.3 Å². The fourth-order valence-corrected chi connectivity index (χ4v) is 6.19. The van der Waals surface area contributed by atoms with E-state index in [-0.39, 0.29) is 16.2 Å². The Morgan fingerprint density at radius 3 is 2.41 bits per heavy atom. The van der Waals surface area contributed by atoms with Gasteiger partial charge in [-0.2, -0.15) is 0 Å². The summed E-state index contributed by atoms with van der Waals surface area (Å²) in [6.07, 6.45) is 1.13. The number of nitrogens with zero attached hydrogens (tertiary/aromatic N) is 2. The fourth-order valence-electron chi connectivity index (χ4n) is 5.14. The Bertz CT molecular complexity index is 2060. The number of para-hydroxylation sites is 2. The van der Waals surface area contributed by atoms with Gasteiger partial charge in [0.15, 0.2) is 0 Å². The zero-order chi connectivity index (χ0) is 30.9. The van der Waals surface area contributed by atoms with E-state index in [0.717, 1.165) is 22.2 Å². The number of aromatic nitrogens is 3. The molecule has 0 unspecified atom stereocenters. The van der Waals surface area contributed by atoms with E-state index >= 15 is 0 Å². The highest BCUT2D eigenvalue weighted by molar-refractivity contribution is 7.92. The monoisotopic (exact) mass is 607 g/mol. The quantitative estimate of drug-likeness (QED) is 0.171. The molecular formula is C34H33N5O4S. The second kappa shape index (κ2) is 11.5. The first-order valence-corrected chi connectivity index (χ1v) is 15.8. The van der Waals surface area contributed by atoms with Gasteiger partial charge >= 0.3 is 6.09 Å². The number of hydrogen-bond donors (Lipinski definition) is 3. The predicted octanol–water partition coefficient (Wildman–Crippen LogP) is 7.07. The van der Waals surface area contributed by atoms with Crippen molar-refractivity contribution in [2.45, 2.75) is 37.6 Å². The van der Waals surface area contributed by atoms with Gasteiger partial charge in [0.1, 0.15) is 0 Å². The third kappa shape index (κ3) is 6.02. The van der Waals surface area contributed by atoms with Gasteiger partial charge in [0.2, 0.25) is 5.88 Å². The minimum absolute atomic E-state index is 0.0888. The second-order valence-corrected chi connectivity index (χ2v) is 13.3. The lowest BCUT2D eigenvalue weighted by Gasteiger charge is -2.19. The zero-order valence-corrected chi connectivity index (χ0v) is 25.5. The molecule has 4 aromatic carbocycles. The number of hydrogen-bond acceptors (Lipinski definition) is 5. The van der Waals surface area contributed by atoms with Crippen molar-refractivity contribution in [1.82, 2.24) is 19.9 Å². The first-order valence-electron chi connectivity index (χ1n) is 14.3. The summed E-state index contributed by atoms with van der Waals surface area (Å²) in [5.74, 6) is 0.259. The van der Waals surface area contributed by atoms with Gasteiger partial charge in [-0.05, 0) is 59.0 Å². The molecule has 10 heteroatoms. The largest absolute Gasteiger partial charge is 0.413 e. The molecule has 0 atom stereocenters. The SMILES string of the molecule is CC(C)(C)c1ccc(S(=O)(=O)Nc2ccc3[nH]c(OC(=O)NCCn4cnc5ccccc54)c(-c4ccccc4)c3c2)cc1. The Kier molecular flexibility index (Phi) is 7.60. The van der Waals surface area contributed by atoms with Crippen LogP contribution >= 0.6 is 0 Å². The molecule has 0 radical (unpaired) electrons. The summed E-state index contributed by atoms with van der Waals surface area (Å²) in [6.45, 7) is 7.10. The van der Waals surface area contributed by atoms with Crippen LogP contribution in [-0.4, -0.2) is 35.6 Å². The predicted molar refractivity (Wildman–Crippen MR) is 173 cm³/mol. The molecule has 0 aliphatic carbocycles. The van der Waals surface area contributed by atoms with Gasteiger partial charge in [-0.3, -0.25) is 4.72 Å². The highest BCUT2D eigenvalue weighted by Gasteiger charge is 2.21. The van der Waals surface area contributed by atoms with E-state index in [1.807, 2.05) is 71.3 Å². The van der Waals surface area contributed by atoms with E-state index < -0.39 is 16.1 Å². The lowest BCUT2D eigenvalue weighted by Crippen LogP contribution is -2.30. The molecule has 0 saturated carbocycles. The summed E-state index contributed by atoms with van der Waals surface area (Å²) in [5, 5.41) is 3.51.